The van der Waals surface area contributed by atoms with Crippen LogP contribution in [0.2, 0.25) is 0 Å². The Morgan fingerprint density at radius 1 is 1.23 bits per heavy atom. The molecule has 4 rings (SSSR count). The first-order chi connectivity index (χ1) is 12.7. The highest BCUT2D eigenvalue weighted by molar-refractivity contribution is 5.95. The number of rotatable bonds is 4. The van der Waals surface area contributed by atoms with Gasteiger partial charge in [0.25, 0.3) is 5.91 Å². The van der Waals surface area contributed by atoms with Gasteiger partial charge in [-0.1, -0.05) is 12.1 Å². The highest BCUT2D eigenvalue weighted by Gasteiger charge is 2.29. The number of hydrogen-bond donors (Lipinski definition) is 0. The second-order valence-corrected chi connectivity index (χ2v) is 6.50. The molecule has 1 aliphatic rings. The lowest BCUT2D eigenvalue weighted by Crippen LogP contribution is -2.36. The normalized spacial score (nSPS) is 16.8. The van der Waals surface area contributed by atoms with Crippen LogP contribution in [0.3, 0.4) is 0 Å². The van der Waals surface area contributed by atoms with Crippen LogP contribution in [0.4, 0.5) is 4.39 Å². The zero-order chi connectivity index (χ0) is 17.9. The monoisotopic (exact) mass is 350 g/mol. The Kier molecular flexibility index (Phi) is 4.48. The van der Waals surface area contributed by atoms with E-state index in [1.165, 1.54) is 6.07 Å². The standard InChI is InChI=1S/C20H19FN4O/c21-17-4-1-3-15(11-17)12-18-5-2-9-25(18)20(26)16-6-7-23-19(13-16)24-10-8-22-14-24/h1,3-4,6-8,10-11,13-14,18H,2,5,9,12H2. The predicted molar refractivity (Wildman–Crippen MR) is 95.5 cm³/mol. The molecule has 1 amide bonds. The minimum Gasteiger partial charge on any atom is -0.335 e. The number of likely N-dealkylation sites (tertiary alicyclic amines) is 1. The van der Waals surface area contributed by atoms with Gasteiger partial charge in [0, 0.05) is 36.7 Å². The summed E-state index contributed by atoms with van der Waals surface area (Å²) in [5.41, 5.74) is 1.53. The third-order valence-electron chi connectivity index (χ3n) is 4.76. The van der Waals surface area contributed by atoms with Crippen molar-refractivity contribution in [2.45, 2.75) is 25.3 Å². The second-order valence-electron chi connectivity index (χ2n) is 6.50. The van der Waals surface area contributed by atoms with Crippen LogP contribution in [0.25, 0.3) is 5.82 Å². The molecular weight excluding hydrogens is 331 g/mol. The first-order valence-electron chi connectivity index (χ1n) is 8.70. The molecule has 1 unspecified atom stereocenters. The third-order valence-corrected chi connectivity index (χ3v) is 4.76. The van der Waals surface area contributed by atoms with Crippen molar-refractivity contribution < 1.29 is 9.18 Å². The number of nitrogens with zero attached hydrogens (tertiary/aromatic N) is 4. The molecule has 26 heavy (non-hydrogen) atoms. The summed E-state index contributed by atoms with van der Waals surface area (Å²) in [6.45, 7) is 0.724. The summed E-state index contributed by atoms with van der Waals surface area (Å²) in [5, 5.41) is 0. The zero-order valence-corrected chi connectivity index (χ0v) is 14.3. The van der Waals surface area contributed by atoms with Gasteiger partial charge in [0.05, 0.1) is 0 Å². The van der Waals surface area contributed by atoms with E-state index in [0.29, 0.717) is 17.8 Å². The van der Waals surface area contributed by atoms with E-state index in [4.69, 9.17) is 0 Å². The van der Waals surface area contributed by atoms with E-state index in [1.807, 2.05) is 11.0 Å². The molecule has 0 saturated carbocycles. The molecule has 5 nitrogen and oxygen atoms in total. The van der Waals surface area contributed by atoms with Crippen LogP contribution in [0.5, 0.6) is 0 Å². The highest BCUT2D eigenvalue weighted by Crippen LogP contribution is 2.24. The topological polar surface area (TPSA) is 51.0 Å². The summed E-state index contributed by atoms with van der Waals surface area (Å²) < 4.78 is 15.2. The average molecular weight is 350 g/mol. The molecule has 0 aliphatic carbocycles. The number of halogens is 1. The maximum atomic E-state index is 13.4. The van der Waals surface area contributed by atoms with Gasteiger partial charge >= 0.3 is 0 Å². The fraction of sp³-hybridized carbons (Fsp3) is 0.250. The number of aromatic nitrogens is 3. The van der Waals surface area contributed by atoms with E-state index >= 15 is 0 Å². The molecule has 0 radical (unpaired) electrons. The fourth-order valence-corrected chi connectivity index (χ4v) is 3.50. The highest BCUT2D eigenvalue weighted by atomic mass is 19.1. The largest absolute Gasteiger partial charge is 0.335 e. The first-order valence-corrected chi connectivity index (χ1v) is 8.70. The van der Waals surface area contributed by atoms with Gasteiger partial charge in [0.15, 0.2) is 0 Å². The van der Waals surface area contributed by atoms with Gasteiger partial charge in [-0.05, 0) is 49.1 Å². The quantitative estimate of drug-likeness (QED) is 0.726. The number of carbonyl (C=O) groups excluding carboxylic acids is 1. The number of pyridine rings is 1. The average Bonchev–Trinajstić information content (AvgIpc) is 3.33. The Bertz CT molecular complexity index is 910. The Labute approximate surface area is 151 Å². The molecule has 1 saturated heterocycles. The molecule has 6 heteroatoms. The van der Waals surface area contributed by atoms with Crippen molar-refractivity contribution >= 4 is 5.91 Å². The van der Waals surface area contributed by atoms with Gasteiger partial charge < -0.3 is 4.90 Å². The minimum absolute atomic E-state index is 0.00679. The lowest BCUT2D eigenvalue weighted by Gasteiger charge is -2.25. The molecule has 1 aliphatic heterocycles. The van der Waals surface area contributed by atoms with Crippen LogP contribution < -0.4 is 0 Å². The van der Waals surface area contributed by atoms with Gasteiger partial charge in [-0.3, -0.25) is 9.36 Å². The van der Waals surface area contributed by atoms with E-state index in [-0.39, 0.29) is 17.8 Å². The van der Waals surface area contributed by atoms with Crippen LogP contribution in [0.15, 0.2) is 61.3 Å². The van der Waals surface area contributed by atoms with Gasteiger partial charge in [0.1, 0.15) is 18.0 Å². The molecule has 2 aromatic heterocycles. The van der Waals surface area contributed by atoms with E-state index in [1.54, 1.807) is 53.8 Å². The lowest BCUT2D eigenvalue weighted by molar-refractivity contribution is 0.0736. The molecule has 0 N–H and O–H groups in total. The number of carbonyl (C=O) groups is 1. The number of hydrogen-bond acceptors (Lipinski definition) is 3. The maximum Gasteiger partial charge on any atom is 0.254 e. The van der Waals surface area contributed by atoms with Crippen molar-refractivity contribution in [2.75, 3.05) is 6.54 Å². The van der Waals surface area contributed by atoms with Crippen LogP contribution in [0.1, 0.15) is 28.8 Å². The fourth-order valence-electron chi connectivity index (χ4n) is 3.50. The summed E-state index contributed by atoms with van der Waals surface area (Å²) in [4.78, 5) is 23.2. The van der Waals surface area contributed by atoms with Crippen LogP contribution in [-0.2, 0) is 6.42 Å². The van der Waals surface area contributed by atoms with E-state index in [0.717, 1.165) is 24.9 Å². The van der Waals surface area contributed by atoms with Crippen molar-refractivity contribution in [1.82, 2.24) is 19.4 Å². The van der Waals surface area contributed by atoms with Crippen LogP contribution >= 0.6 is 0 Å². The Morgan fingerprint density at radius 3 is 2.96 bits per heavy atom. The first kappa shape index (κ1) is 16.4. The molecule has 3 aromatic rings. The Hall–Kier alpha value is -3.02. The van der Waals surface area contributed by atoms with E-state index < -0.39 is 0 Å². The molecule has 3 heterocycles. The summed E-state index contributed by atoms with van der Waals surface area (Å²) in [5.74, 6) is 0.416. The Morgan fingerprint density at radius 2 is 2.15 bits per heavy atom. The van der Waals surface area contributed by atoms with Crippen molar-refractivity contribution in [3.63, 3.8) is 0 Å². The van der Waals surface area contributed by atoms with Crippen LogP contribution in [-0.4, -0.2) is 37.9 Å². The van der Waals surface area contributed by atoms with Crippen LogP contribution in [0, 0.1) is 5.82 Å². The maximum absolute atomic E-state index is 13.4. The molecule has 1 atom stereocenters. The molecule has 0 spiro atoms. The molecular formula is C20H19FN4O. The van der Waals surface area contributed by atoms with E-state index in [2.05, 4.69) is 9.97 Å². The van der Waals surface area contributed by atoms with Crippen molar-refractivity contribution in [1.29, 1.82) is 0 Å². The van der Waals surface area contributed by atoms with Crippen molar-refractivity contribution in [2.24, 2.45) is 0 Å². The molecule has 0 bridgehead atoms. The second kappa shape index (κ2) is 7.07. The SMILES string of the molecule is O=C(c1ccnc(-n2ccnc2)c1)N1CCCC1Cc1cccc(F)c1. The predicted octanol–water partition coefficient (Wildman–Crippen LogP) is 3.25. The van der Waals surface area contributed by atoms with Gasteiger partial charge in [0.2, 0.25) is 0 Å². The van der Waals surface area contributed by atoms with Gasteiger partial charge in [-0.25, -0.2) is 14.4 Å². The summed E-state index contributed by atoms with van der Waals surface area (Å²) >= 11 is 0. The van der Waals surface area contributed by atoms with Gasteiger partial charge in [-0.15, -0.1) is 0 Å². The Balaban J connectivity index is 1.54. The van der Waals surface area contributed by atoms with Crippen molar-refractivity contribution in [3.8, 4) is 5.82 Å². The smallest absolute Gasteiger partial charge is 0.254 e. The summed E-state index contributed by atoms with van der Waals surface area (Å²) in [6.07, 6.45) is 9.32. The number of amides is 1. The molecule has 132 valence electrons. The number of imidazole rings is 1. The zero-order valence-electron chi connectivity index (χ0n) is 14.3. The van der Waals surface area contributed by atoms with Gasteiger partial charge in [-0.2, -0.15) is 0 Å². The van der Waals surface area contributed by atoms with Crippen molar-refractivity contribution in [3.05, 3.63) is 78.3 Å². The third kappa shape index (κ3) is 3.35. The summed E-state index contributed by atoms with van der Waals surface area (Å²) in [7, 11) is 0. The number of benzene rings is 1. The minimum atomic E-state index is -0.238. The van der Waals surface area contributed by atoms with E-state index in [9.17, 15) is 9.18 Å². The lowest BCUT2D eigenvalue weighted by atomic mass is 10.0. The molecule has 1 aromatic carbocycles. The summed E-state index contributed by atoms with van der Waals surface area (Å²) in [6, 6.07) is 10.2. The molecule has 1 fully saturated rings.